The first-order valence-electron chi connectivity index (χ1n) is 1.63. The van der Waals surface area contributed by atoms with Crippen LogP contribution in [0.2, 0.25) is 0 Å². The van der Waals surface area contributed by atoms with Crippen LogP contribution in [0.25, 0.3) is 0 Å². The molecule has 0 saturated carbocycles. The smallest absolute Gasteiger partial charge is 1.00 e. The molecule has 0 aromatic carbocycles. The Kier molecular flexibility index (Phi) is 9.66. The summed E-state index contributed by atoms with van der Waals surface area (Å²) in [5.74, 6) is -0.891. The third-order valence-electron chi connectivity index (χ3n) is 0.309. The van der Waals surface area contributed by atoms with Crippen LogP contribution in [0.1, 0.15) is 9.78 Å². The van der Waals surface area contributed by atoms with Crippen molar-refractivity contribution in [2.75, 3.05) is 0 Å². The molecule has 1 N–H and O–H groups in total. The summed E-state index contributed by atoms with van der Waals surface area (Å²) in [7, 11) is 0. The summed E-state index contributed by atoms with van der Waals surface area (Å²) in [6, 6.07) is 0. The van der Waals surface area contributed by atoms with Crippen molar-refractivity contribution in [3.63, 3.8) is 0 Å². The van der Waals surface area contributed by atoms with Crippen molar-refractivity contribution in [1.29, 1.82) is 0 Å². The summed E-state index contributed by atoms with van der Waals surface area (Å²) in [5.41, 5.74) is 0. The van der Waals surface area contributed by atoms with Gasteiger partial charge in [0.2, 0.25) is 0 Å². The summed E-state index contributed by atoms with van der Waals surface area (Å²) in [6.45, 7) is 1.66. The van der Waals surface area contributed by atoms with Crippen LogP contribution in [-0.2, 0) is 4.79 Å². The number of rotatable bonds is 1. The Hall–Kier alpha value is 0.470. The second-order valence-electron chi connectivity index (χ2n) is 0.838. The predicted octanol–water partition coefficient (Wildman–Crippen LogP) is 0.491. The normalized spacial score (nSPS) is 8.14. The predicted molar refractivity (Wildman–Crippen MR) is 30.4 cm³/mol. The molecule has 0 bridgehead atoms. The zero-order valence-corrected chi connectivity index (χ0v) is 6.43. The zero-order valence-electron chi connectivity index (χ0n) is 6.22. The van der Waals surface area contributed by atoms with E-state index in [9.17, 15) is 4.79 Å². The minimum atomic E-state index is -0.891. The van der Waals surface area contributed by atoms with Crippen molar-refractivity contribution in [2.45, 2.75) is 6.92 Å². The van der Waals surface area contributed by atoms with Crippen LogP contribution >= 0.6 is 0 Å². The summed E-state index contributed by atoms with van der Waals surface area (Å²) in [4.78, 5) is 9.51. The molecule has 0 amide bonds. The second kappa shape index (κ2) is 6.47. The third kappa shape index (κ3) is 10.7. The molecule has 0 aliphatic heterocycles. The molecule has 7 heavy (non-hydrogen) atoms. The van der Waals surface area contributed by atoms with Gasteiger partial charge in [0.15, 0.2) is 0 Å². The van der Waals surface area contributed by atoms with Crippen molar-refractivity contribution in [1.82, 2.24) is 0 Å². The molecule has 0 saturated heterocycles. The van der Waals surface area contributed by atoms with E-state index in [1.165, 1.54) is 6.08 Å². The van der Waals surface area contributed by atoms with Gasteiger partial charge in [0.1, 0.15) is 0 Å². The topological polar surface area (TPSA) is 37.3 Å². The summed E-state index contributed by atoms with van der Waals surface area (Å²) < 4.78 is 0. The molecule has 0 rings (SSSR count). The molecule has 0 aromatic rings. The number of aliphatic carboxylic acids is 1. The van der Waals surface area contributed by atoms with Gasteiger partial charge in [-0.3, -0.25) is 0 Å². The van der Waals surface area contributed by atoms with E-state index in [1.54, 1.807) is 6.92 Å². The van der Waals surface area contributed by atoms with E-state index in [-0.39, 0.29) is 40.6 Å². The number of carboxylic acids is 1. The second-order valence-corrected chi connectivity index (χ2v) is 0.838. The molecule has 0 atom stereocenters. The average molecular weight is 128 g/mol. The molecule has 0 spiro atoms. The maximum atomic E-state index is 9.51. The summed E-state index contributed by atoms with van der Waals surface area (Å²) >= 11 is 0. The van der Waals surface area contributed by atoms with Crippen LogP contribution in [0.4, 0.5) is 0 Å². The zero-order chi connectivity index (χ0) is 4.99. The first kappa shape index (κ1) is 10.5. The Labute approximate surface area is 75.2 Å². The van der Waals surface area contributed by atoms with Gasteiger partial charge in [-0.25, -0.2) is 4.79 Å². The van der Waals surface area contributed by atoms with Crippen LogP contribution in [0.3, 0.4) is 0 Å². The van der Waals surface area contributed by atoms with Gasteiger partial charge in [-0.2, -0.15) is 0 Å². The molecule has 0 fully saturated rings. The first-order valence-corrected chi connectivity index (χ1v) is 1.63. The van der Waals surface area contributed by atoms with Gasteiger partial charge in [-0.1, -0.05) is 6.08 Å². The van der Waals surface area contributed by atoms with Gasteiger partial charge < -0.3 is 7.96 Å². The molecule has 0 radical (unpaired) electrons. The van der Waals surface area contributed by atoms with Crippen molar-refractivity contribution in [2.24, 2.45) is 0 Å². The monoisotopic (exact) mass is 128 g/mol. The minimum Gasteiger partial charge on any atom is -1.00 e. The molecule has 38 valence electrons. The van der Waals surface area contributed by atoms with Gasteiger partial charge in [0.25, 0.3) is 0 Å². The number of carboxylic acid groups (broad SMARTS) is 1. The average Bonchev–Trinajstić information content (AvgIpc) is 1.35. The molecular weight excluding hydrogens is 120 g/mol. The van der Waals surface area contributed by atoms with Crippen LogP contribution in [-0.4, -0.2) is 48.8 Å². The van der Waals surface area contributed by atoms with Gasteiger partial charge >= 0.3 is 43.7 Å². The fraction of sp³-hybridized carbons (Fsp3) is 0.250. The Balaban J connectivity index is -0.0000000417. The Bertz CT molecular complexity index is 84.6. The Morgan fingerprint density at radius 3 is 2.29 bits per heavy atom. The van der Waals surface area contributed by atoms with E-state index in [0.29, 0.717) is 0 Å². The van der Waals surface area contributed by atoms with E-state index in [4.69, 9.17) is 5.11 Å². The number of carbonyl (C=O) groups is 1. The maximum Gasteiger partial charge on any atom is 2.00 e. The van der Waals surface area contributed by atoms with Gasteiger partial charge in [0, 0.05) is 6.08 Å². The fourth-order valence-electron chi connectivity index (χ4n) is 0.143. The quantitative estimate of drug-likeness (QED) is 0.412. The van der Waals surface area contributed by atoms with Gasteiger partial charge in [-0.05, 0) is 6.92 Å². The maximum absolute atomic E-state index is 9.51. The van der Waals surface area contributed by atoms with Crippen molar-refractivity contribution < 1.29 is 12.8 Å². The van der Waals surface area contributed by atoms with Crippen molar-refractivity contribution in [3.05, 3.63) is 12.2 Å². The summed E-state index contributed by atoms with van der Waals surface area (Å²) in [6.07, 6.45) is 2.56. The SMILES string of the molecule is CC=CC(=O)O.[Ca+2].[H-].[H-]. The Morgan fingerprint density at radius 2 is 2.29 bits per heavy atom. The molecule has 0 aliphatic rings. The standard InChI is InChI=1S/C4H6O2.Ca.2H/c1-2-3-4(5)6;;;/h2-3H,1H3,(H,5,6);;;/q;+2;2*-1. The summed E-state index contributed by atoms with van der Waals surface area (Å²) in [5, 5.41) is 7.83. The van der Waals surface area contributed by atoms with E-state index in [2.05, 4.69) is 0 Å². The van der Waals surface area contributed by atoms with Crippen LogP contribution < -0.4 is 0 Å². The largest absolute Gasteiger partial charge is 2.00 e. The molecule has 2 nitrogen and oxygen atoms in total. The first-order chi connectivity index (χ1) is 2.77. The van der Waals surface area contributed by atoms with Crippen LogP contribution in [0.15, 0.2) is 12.2 Å². The molecule has 0 aromatic heterocycles. The van der Waals surface area contributed by atoms with E-state index < -0.39 is 5.97 Å². The molecular formula is C4H8CaO2. The number of allylic oxidation sites excluding steroid dienone is 1. The molecule has 0 unspecified atom stereocenters. The third-order valence-corrected chi connectivity index (χ3v) is 0.309. The number of hydrogen-bond donors (Lipinski definition) is 1. The van der Waals surface area contributed by atoms with Gasteiger partial charge in [-0.15, -0.1) is 0 Å². The molecule has 0 heterocycles. The van der Waals surface area contributed by atoms with Crippen LogP contribution in [0.5, 0.6) is 0 Å². The molecule has 3 heteroatoms. The fourth-order valence-corrected chi connectivity index (χ4v) is 0.143. The minimum absolute atomic E-state index is 0. The Morgan fingerprint density at radius 1 is 1.86 bits per heavy atom. The van der Waals surface area contributed by atoms with E-state index in [0.717, 1.165) is 6.08 Å². The van der Waals surface area contributed by atoms with Crippen molar-refractivity contribution in [3.8, 4) is 0 Å². The van der Waals surface area contributed by atoms with Crippen molar-refractivity contribution >= 4 is 43.7 Å². The number of hydrogen-bond acceptors (Lipinski definition) is 1. The van der Waals surface area contributed by atoms with E-state index in [1.807, 2.05) is 0 Å². The van der Waals surface area contributed by atoms with Gasteiger partial charge in [0.05, 0.1) is 0 Å². The van der Waals surface area contributed by atoms with Crippen LogP contribution in [0, 0.1) is 0 Å². The van der Waals surface area contributed by atoms with E-state index >= 15 is 0 Å². The molecule has 0 aliphatic carbocycles.